The van der Waals surface area contributed by atoms with Crippen LogP contribution in [0, 0.1) is 12.8 Å². The van der Waals surface area contributed by atoms with E-state index >= 15 is 0 Å². The summed E-state index contributed by atoms with van der Waals surface area (Å²) in [7, 11) is 1.56. The van der Waals surface area contributed by atoms with Gasteiger partial charge in [-0.25, -0.2) is 0 Å². The summed E-state index contributed by atoms with van der Waals surface area (Å²) < 4.78 is 15.7. The molecule has 3 aromatic rings. The van der Waals surface area contributed by atoms with Crippen LogP contribution in [-0.4, -0.2) is 28.4 Å². The standard InChI is InChI=1S/C23H27N3O3S/c1-14(2)16(4)24-22(27)18-10-11-19(28-5)20(13-18)29-23-25-21(26-30-23)12-17-8-6-15(3)7-9-17/h6-11,13-14,16H,12H2,1-5H3,(H,24,27)/t16-/m0/s1. The summed E-state index contributed by atoms with van der Waals surface area (Å²) in [5, 5.41) is 3.40. The first-order valence-corrected chi connectivity index (χ1v) is 10.7. The van der Waals surface area contributed by atoms with Crippen LogP contribution in [0.25, 0.3) is 0 Å². The first-order chi connectivity index (χ1) is 14.4. The summed E-state index contributed by atoms with van der Waals surface area (Å²) in [4.78, 5) is 17.0. The number of aromatic nitrogens is 2. The molecule has 0 bridgehead atoms. The second kappa shape index (κ2) is 9.71. The van der Waals surface area contributed by atoms with Crippen LogP contribution >= 0.6 is 11.5 Å². The van der Waals surface area contributed by atoms with Crippen LogP contribution in [-0.2, 0) is 6.42 Å². The number of aryl methyl sites for hydroxylation is 1. The third-order valence-corrected chi connectivity index (χ3v) is 5.55. The lowest BCUT2D eigenvalue weighted by molar-refractivity contribution is 0.0930. The second-order valence-electron chi connectivity index (χ2n) is 7.61. The molecule has 0 unspecified atom stereocenters. The number of benzene rings is 2. The van der Waals surface area contributed by atoms with Crippen LogP contribution in [0.15, 0.2) is 42.5 Å². The maximum absolute atomic E-state index is 12.6. The van der Waals surface area contributed by atoms with Crippen molar-refractivity contribution >= 4 is 17.4 Å². The summed E-state index contributed by atoms with van der Waals surface area (Å²) in [6, 6.07) is 13.5. The number of hydrogen-bond acceptors (Lipinski definition) is 6. The number of nitrogens with one attached hydrogen (secondary N) is 1. The largest absolute Gasteiger partial charge is 0.493 e. The van der Waals surface area contributed by atoms with Gasteiger partial charge in [0.1, 0.15) is 0 Å². The van der Waals surface area contributed by atoms with E-state index < -0.39 is 0 Å². The van der Waals surface area contributed by atoms with E-state index in [0.717, 1.165) is 5.56 Å². The van der Waals surface area contributed by atoms with Crippen LogP contribution < -0.4 is 14.8 Å². The Hall–Kier alpha value is -2.93. The Labute approximate surface area is 181 Å². The predicted molar refractivity (Wildman–Crippen MR) is 119 cm³/mol. The molecule has 0 saturated heterocycles. The van der Waals surface area contributed by atoms with Crippen molar-refractivity contribution in [1.82, 2.24) is 14.7 Å². The third kappa shape index (κ3) is 5.57. The number of nitrogens with zero attached hydrogens (tertiary/aromatic N) is 2. The molecule has 0 aliphatic rings. The molecular formula is C23H27N3O3S. The number of amides is 1. The van der Waals surface area contributed by atoms with Crippen LogP contribution in [0.3, 0.4) is 0 Å². The van der Waals surface area contributed by atoms with Gasteiger partial charge in [-0.1, -0.05) is 43.7 Å². The van der Waals surface area contributed by atoms with Gasteiger partial charge in [0.25, 0.3) is 11.1 Å². The maximum Gasteiger partial charge on any atom is 0.298 e. The van der Waals surface area contributed by atoms with Crippen molar-refractivity contribution < 1.29 is 14.3 Å². The molecule has 1 atom stereocenters. The SMILES string of the molecule is COc1ccc(C(=O)N[C@@H](C)C(C)C)cc1Oc1nc(Cc2ccc(C)cc2)ns1. The summed E-state index contributed by atoms with van der Waals surface area (Å²) in [6.45, 7) is 8.18. The van der Waals surface area contributed by atoms with Crippen molar-refractivity contribution in [2.24, 2.45) is 5.92 Å². The van der Waals surface area contributed by atoms with E-state index in [4.69, 9.17) is 9.47 Å². The van der Waals surface area contributed by atoms with Crippen molar-refractivity contribution in [2.75, 3.05) is 7.11 Å². The molecule has 30 heavy (non-hydrogen) atoms. The fourth-order valence-electron chi connectivity index (χ4n) is 2.69. The highest BCUT2D eigenvalue weighted by Gasteiger charge is 2.17. The van der Waals surface area contributed by atoms with Crippen molar-refractivity contribution in [2.45, 2.75) is 40.2 Å². The lowest BCUT2D eigenvalue weighted by Gasteiger charge is -2.18. The smallest absolute Gasteiger partial charge is 0.298 e. The number of carbonyl (C=O) groups excluding carboxylic acids is 1. The van der Waals surface area contributed by atoms with Gasteiger partial charge in [0.05, 0.1) is 7.11 Å². The molecule has 2 aromatic carbocycles. The van der Waals surface area contributed by atoms with E-state index in [1.807, 2.05) is 6.92 Å². The fourth-order valence-corrected chi connectivity index (χ4v) is 3.25. The molecule has 0 aliphatic carbocycles. The number of rotatable bonds is 8. The molecule has 0 fully saturated rings. The number of methoxy groups -OCH3 is 1. The van der Waals surface area contributed by atoms with Crippen LogP contribution in [0.2, 0.25) is 0 Å². The van der Waals surface area contributed by atoms with Crippen molar-refractivity contribution in [3.63, 3.8) is 0 Å². The van der Waals surface area contributed by atoms with E-state index in [1.165, 1.54) is 17.1 Å². The van der Waals surface area contributed by atoms with Crippen molar-refractivity contribution in [1.29, 1.82) is 0 Å². The van der Waals surface area contributed by atoms with Crippen LogP contribution in [0.5, 0.6) is 16.7 Å². The minimum absolute atomic E-state index is 0.0662. The lowest BCUT2D eigenvalue weighted by Crippen LogP contribution is -2.36. The zero-order valence-corrected chi connectivity index (χ0v) is 18.7. The Morgan fingerprint density at radius 1 is 1.10 bits per heavy atom. The Bertz CT molecular complexity index is 999. The van der Waals surface area contributed by atoms with E-state index in [1.54, 1.807) is 25.3 Å². The first kappa shape index (κ1) is 21.8. The van der Waals surface area contributed by atoms with Gasteiger partial charge >= 0.3 is 0 Å². The normalized spacial score (nSPS) is 11.9. The number of ether oxygens (including phenoxy) is 2. The van der Waals surface area contributed by atoms with Crippen LogP contribution in [0.1, 0.15) is 48.1 Å². The molecule has 1 aromatic heterocycles. The van der Waals surface area contributed by atoms with Crippen molar-refractivity contribution in [3.8, 4) is 16.7 Å². The van der Waals surface area contributed by atoms with Gasteiger partial charge in [0.15, 0.2) is 17.3 Å². The van der Waals surface area contributed by atoms with Gasteiger partial charge in [-0.2, -0.15) is 9.36 Å². The van der Waals surface area contributed by atoms with Gasteiger partial charge < -0.3 is 14.8 Å². The quantitative estimate of drug-likeness (QED) is 0.549. The highest BCUT2D eigenvalue weighted by Crippen LogP contribution is 2.33. The zero-order chi connectivity index (χ0) is 21.7. The van der Waals surface area contributed by atoms with Gasteiger partial charge in [0, 0.05) is 29.6 Å². The molecule has 1 heterocycles. The van der Waals surface area contributed by atoms with E-state index in [-0.39, 0.29) is 11.9 Å². The molecule has 0 spiro atoms. The molecule has 7 heteroatoms. The Kier molecular flexibility index (Phi) is 7.05. The van der Waals surface area contributed by atoms with Gasteiger partial charge in [-0.05, 0) is 43.5 Å². The van der Waals surface area contributed by atoms with E-state index in [9.17, 15) is 4.79 Å². The Morgan fingerprint density at radius 2 is 1.83 bits per heavy atom. The lowest BCUT2D eigenvalue weighted by atomic mass is 10.1. The van der Waals surface area contributed by atoms with Crippen molar-refractivity contribution in [3.05, 3.63) is 65.0 Å². The van der Waals surface area contributed by atoms with Crippen LogP contribution in [0.4, 0.5) is 0 Å². The predicted octanol–water partition coefficient (Wildman–Crippen LogP) is 5.01. The molecule has 3 rings (SSSR count). The third-order valence-electron chi connectivity index (χ3n) is 4.91. The molecule has 1 amide bonds. The maximum atomic E-state index is 12.6. The molecular weight excluding hydrogens is 398 g/mol. The Balaban J connectivity index is 1.74. The number of hydrogen-bond donors (Lipinski definition) is 1. The fraction of sp³-hybridized carbons (Fsp3) is 0.348. The van der Waals surface area contributed by atoms with Gasteiger partial charge in [0.2, 0.25) is 0 Å². The topological polar surface area (TPSA) is 73.3 Å². The molecule has 158 valence electrons. The monoisotopic (exact) mass is 425 g/mol. The number of carbonyl (C=O) groups is 1. The molecule has 0 saturated carbocycles. The van der Waals surface area contributed by atoms with Gasteiger partial charge in [-0.15, -0.1) is 0 Å². The van der Waals surface area contributed by atoms with E-state index in [2.05, 4.69) is 59.7 Å². The minimum atomic E-state index is -0.152. The van der Waals surface area contributed by atoms with Gasteiger partial charge in [-0.3, -0.25) is 4.79 Å². The highest BCUT2D eigenvalue weighted by atomic mass is 32.1. The Morgan fingerprint density at radius 3 is 2.50 bits per heavy atom. The van der Waals surface area contributed by atoms with E-state index in [0.29, 0.717) is 40.4 Å². The zero-order valence-electron chi connectivity index (χ0n) is 17.9. The highest BCUT2D eigenvalue weighted by molar-refractivity contribution is 7.07. The minimum Gasteiger partial charge on any atom is -0.493 e. The summed E-state index contributed by atoms with van der Waals surface area (Å²) in [5.74, 6) is 1.84. The first-order valence-electron chi connectivity index (χ1n) is 9.90. The molecule has 0 aliphatic heterocycles. The molecule has 0 radical (unpaired) electrons. The average Bonchev–Trinajstić information content (AvgIpc) is 3.16. The summed E-state index contributed by atoms with van der Waals surface area (Å²) in [5.41, 5.74) is 2.86. The second-order valence-corrected chi connectivity index (χ2v) is 8.33. The summed E-state index contributed by atoms with van der Waals surface area (Å²) in [6.07, 6.45) is 0.632. The summed E-state index contributed by atoms with van der Waals surface area (Å²) >= 11 is 1.18. The molecule has 6 nitrogen and oxygen atoms in total. The molecule has 1 N–H and O–H groups in total. The average molecular weight is 426 g/mol.